The van der Waals surface area contributed by atoms with Gasteiger partial charge in [0.1, 0.15) is 11.5 Å². The molecular weight excluding hydrogens is 277 g/mol. The number of hydrogen-bond donors (Lipinski definition) is 2. The number of pyridine rings is 1. The Labute approximate surface area is 111 Å². The monoisotopic (exact) mass is 288 g/mol. The molecule has 0 aliphatic carbocycles. The van der Waals surface area contributed by atoms with E-state index in [1.807, 2.05) is 5.38 Å². The van der Waals surface area contributed by atoms with Crippen molar-refractivity contribution in [3.05, 3.63) is 46.3 Å². The summed E-state index contributed by atoms with van der Waals surface area (Å²) in [7, 11) is 0. The Bertz CT molecular complexity index is 528. The number of aliphatic hydroxyl groups is 1. The Morgan fingerprint density at radius 1 is 1.32 bits per heavy atom. The summed E-state index contributed by atoms with van der Waals surface area (Å²) in [6.45, 7) is 0.102. The van der Waals surface area contributed by atoms with E-state index in [4.69, 9.17) is 0 Å². The van der Waals surface area contributed by atoms with Crippen molar-refractivity contribution in [3.8, 4) is 0 Å². The minimum Gasteiger partial charge on any atom is -0.387 e. The number of rotatable bonds is 4. The molecule has 3 nitrogen and oxygen atoms in total. The Morgan fingerprint density at radius 3 is 2.74 bits per heavy atom. The second-order valence-electron chi connectivity index (χ2n) is 3.86. The van der Waals surface area contributed by atoms with Crippen LogP contribution in [0.3, 0.4) is 0 Å². The van der Waals surface area contributed by atoms with E-state index in [2.05, 4.69) is 10.3 Å². The zero-order chi connectivity index (χ0) is 13.9. The van der Waals surface area contributed by atoms with E-state index in [1.54, 1.807) is 11.4 Å². The van der Waals surface area contributed by atoms with Crippen LogP contribution in [-0.4, -0.2) is 16.6 Å². The second kappa shape index (κ2) is 5.58. The van der Waals surface area contributed by atoms with Gasteiger partial charge in [-0.3, -0.25) is 0 Å². The van der Waals surface area contributed by atoms with Gasteiger partial charge in [-0.1, -0.05) is 6.07 Å². The first kappa shape index (κ1) is 13.8. The molecule has 0 aliphatic rings. The van der Waals surface area contributed by atoms with Gasteiger partial charge in [0.2, 0.25) is 0 Å². The highest BCUT2D eigenvalue weighted by Gasteiger charge is 2.32. The van der Waals surface area contributed by atoms with Crippen LogP contribution in [0, 0.1) is 0 Å². The van der Waals surface area contributed by atoms with Crippen molar-refractivity contribution in [2.45, 2.75) is 12.3 Å². The van der Waals surface area contributed by atoms with Crippen LogP contribution >= 0.6 is 11.3 Å². The van der Waals surface area contributed by atoms with Crippen molar-refractivity contribution in [1.29, 1.82) is 0 Å². The number of nitrogens with one attached hydrogen (secondary N) is 1. The predicted molar refractivity (Wildman–Crippen MR) is 67.0 cm³/mol. The largest absolute Gasteiger partial charge is 0.433 e. The van der Waals surface area contributed by atoms with Gasteiger partial charge < -0.3 is 10.4 Å². The van der Waals surface area contributed by atoms with E-state index in [0.29, 0.717) is 0 Å². The summed E-state index contributed by atoms with van der Waals surface area (Å²) in [5.74, 6) is 0.0871. The standard InChI is InChI=1S/C12H11F3N2OS/c13-12(14,15)10-2-1-3-11(17-10)16-6-9(18)8-4-5-19-7-8/h1-5,7,9,18H,6H2,(H,16,17)/t9-/m1/s1. The second-order valence-corrected chi connectivity index (χ2v) is 4.64. The molecule has 2 N–H and O–H groups in total. The van der Waals surface area contributed by atoms with Crippen LogP contribution in [0.2, 0.25) is 0 Å². The van der Waals surface area contributed by atoms with Crippen LogP contribution in [0.15, 0.2) is 35.0 Å². The average molecular weight is 288 g/mol. The zero-order valence-electron chi connectivity index (χ0n) is 9.69. The molecule has 0 unspecified atom stereocenters. The van der Waals surface area contributed by atoms with Gasteiger partial charge in [0, 0.05) is 6.54 Å². The summed E-state index contributed by atoms with van der Waals surface area (Å²) in [6.07, 6.45) is -5.24. The fourth-order valence-corrected chi connectivity index (χ4v) is 2.18. The molecule has 0 fully saturated rings. The minimum atomic E-state index is -4.47. The van der Waals surface area contributed by atoms with E-state index in [-0.39, 0.29) is 12.4 Å². The van der Waals surface area contributed by atoms with E-state index in [0.717, 1.165) is 11.6 Å². The molecule has 0 bridgehead atoms. The molecule has 2 aromatic heterocycles. The molecule has 2 heterocycles. The van der Waals surface area contributed by atoms with Crippen LogP contribution in [-0.2, 0) is 6.18 Å². The average Bonchev–Trinajstić information content (AvgIpc) is 2.89. The maximum atomic E-state index is 12.5. The Morgan fingerprint density at radius 2 is 2.11 bits per heavy atom. The van der Waals surface area contributed by atoms with Gasteiger partial charge >= 0.3 is 6.18 Å². The first-order valence-corrected chi connectivity index (χ1v) is 6.39. The lowest BCUT2D eigenvalue weighted by molar-refractivity contribution is -0.141. The van der Waals surface area contributed by atoms with Crippen LogP contribution in [0.1, 0.15) is 17.4 Å². The van der Waals surface area contributed by atoms with Crippen LogP contribution in [0.5, 0.6) is 0 Å². The maximum absolute atomic E-state index is 12.5. The first-order valence-electron chi connectivity index (χ1n) is 5.45. The van der Waals surface area contributed by atoms with Gasteiger partial charge in [-0.2, -0.15) is 24.5 Å². The topological polar surface area (TPSA) is 45.1 Å². The summed E-state index contributed by atoms with van der Waals surface area (Å²) in [5.41, 5.74) is -0.230. The number of anilines is 1. The SMILES string of the molecule is O[C@H](CNc1cccc(C(F)(F)F)n1)c1ccsc1. The molecule has 2 aromatic rings. The molecule has 0 radical (unpaired) electrons. The van der Waals surface area contributed by atoms with Gasteiger partial charge in [0.25, 0.3) is 0 Å². The van der Waals surface area contributed by atoms with Crippen LogP contribution in [0.4, 0.5) is 19.0 Å². The molecule has 7 heteroatoms. The summed E-state index contributed by atoms with van der Waals surface area (Å²) in [4.78, 5) is 3.45. The zero-order valence-corrected chi connectivity index (χ0v) is 10.5. The van der Waals surface area contributed by atoms with E-state index < -0.39 is 18.0 Å². The third-order valence-electron chi connectivity index (χ3n) is 2.44. The molecule has 19 heavy (non-hydrogen) atoms. The third-order valence-corrected chi connectivity index (χ3v) is 3.15. The Hall–Kier alpha value is -1.60. The number of thiophene rings is 1. The lowest BCUT2D eigenvalue weighted by Gasteiger charge is -2.12. The third kappa shape index (κ3) is 3.68. The molecule has 0 aromatic carbocycles. The summed E-state index contributed by atoms with van der Waals surface area (Å²) in [6, 6.07) is 5.36. The Balaban J connectivity index is 2.00. The van der Waals surface area contributed by atoms with Crippen LogP contribution in [0.25, 0.3) is 0 Å². The molecule has 2 rings (SSSR count). The van der Waals surface area contributed by atoms with E-state index >= 15 is 0 Å². The predicted octanol–water partition coefficient (Wildman–Crippen LogP) is 3.31. The lowest BCUT2D eigenvalue weighted by Crippen LogP contribution is -2.14. The number of nitrogens with zero attached hydrogens (tertiary/aromatic N) is 1. The van der Waals surface area contributed by atoms with Crippen LogP contribution < -0.4 is 5.32 Å². The molecule has 1 atom stereocenters. The Kier molecular flexibility index (Phi) is 4.06. The van der Waals surface area contributed by atoms with E-state index in [1.165, 1.54) is 23.5 Å². The van der Waals surface area contributed by atoms with Crippen molar-refractivity contribution < 1.29 is 18.3 Å². The number of aromatic nitrogens is 1. The molecule has 0 saturated carbocycles. The van der Waals surface area contributed by atoms with Gasteiger partial charge in [0.05, 0.1) is 6.10 Å². The summed E-state index contributed by atoms with van der Waals surface area (Å²) < 4.78 is 37.4. The molecule has 0 amide bonds. The van der Waals surface area contributed by atoms with Gasteiger partial charge in [-0.25, -0.2) is 4.98 Å². The lowest BCUT2D eigenvalue weighted by atomic mass is 10.2. The highest BCUT2D eigenvalue weighted by molar-refractivity contribution is 7.07. The van der Waals surface area contributed by atoms with Crippen molar-refractivity contribution in [2.24, 2.45) is 0 Å². The van der Waals surface area contributed by atoms with Crippen molar-refractivity contribution in [3.63, 3.8) is 0 Å². The maximum Gasteiger partial charge on any atom is 0.433 e. The number of hydrogen-bond acceptors (Lipinski definition) is 4. The summed E-state index contributed by atoms with van der Waals surface area (Å²) in [5, 5.41) is 16.1. The summed E-state index contributed by atoms with van der Waals surface area (Å²) >= 11 is 1.44. The van der Waals surface area contributed by atoms with Gasteiger partial charge in [-0.05, 0) is 34.5 Å². The highest BCUT2D eigenvalue weighted by atomic mass is 32.1. The fraction of sp³-hybridized carbons (Fsp3) is 0.250. The van der Waals surface area contributed by atoms with Crippen molar-refractivity contribution in [2.75, 3.05) is 11.9 Å². The van der Waals surface area contributed by atoms with Gasteiger partial charge in [-0.15, -0.1) is 0 Å². The quantitative estimate of drug-likeness (QED) is 0.907. The number of alkyl halides is 3. The highest BCUT2D eigenvalue weighted by Crippen LogP contribution is 2.28. The molecule has 102 valence electrons. The first-order chi connectivity index (χ1) is 8.97. The van der Waals surface area contributed by atoms with Crippen molar-refractivity contribution in [1.82, 2.24) is 4.98 Å². The van der Waals surface area contributed by atoms with Crippen molar-refractivity contribution >= 4 is 17.2 Å². The fourth-order valence-electron chi connectivity index (χ4n) is 1.47. The minimum absolute atomic E-state index is 0.0871. The molecule has 0 saturated heterocycles. The molecular formula is C12H11F3N2OS. The number of halogens is 3. The molecule has 0 spiro atoms. The normalized spacial score (nSPS) is 13.3. The number of aliphatic hydroxyl groups excluding tert-OH is 1. The molecule has 0 aliphatic heterocycles. The van der Waals surface area contributed by atoms with E-state index in [9.17, 15) is 18.3 Å². The van der Waals surface area contributed by atoms with Gasteiger partial charge in [0.15, 0.2) is 0 Å². The smallest absolute Gasteiger partial charge is 0.387 e.